The molecular formula is C15H22N2S. The molecule has 0 spiro atoms. The normalized spacial score (nSPS) is 17.7. The van der Waals surface area contributed by atoms with E-state index in [9.17, 15) is 0 Å². The molecule has 3 heteroatoms. The van der Waals surface area contributed by atoms with Gasteiger partial charge in [0.2, 0.25) is 0 Å². The van der Waals surface area contributed by atoms with Crippen LogP contribution in [0.2, 0.25) is 0 Å². The summed E-state index contributed by atoms with van der Waals surface area (Å²) in [6.07, 6.45) is 5.34. The van der Waals surface area contributed by atoms with Crippen LogP contribution in [0.15, 0.2) is 18.2 Å². The molecule has 98 valence electrons. The molecule has 1 aromatic rings. The maximum absolute atomic E-state index is 5.77. The average Bonchev–Trinajstić information content (AvgIpc) is 2.74. The SMILES string of the molecule is Cc1ccc(C(N)=S)c(NCC2(C)CCCC2)c1. The highest BCUT2D eigenvalue weighted by molar-refractivity contribution is 7.80. The molecule has 0 radical (unpaired) electrons. The van der Waals surface area contributed by atoms with Crippen LogP contribution >= 0.6 is 12.2 Å². The molecule has 2 nitrogen and oxygen atoms in total. The monoisotopic (exact) mass is 262 g/mol. The van der Waals surface area contributed by atoms with Crippen molar-refractivity contribution in [1.82, 2.24) is 0 Å². The molecule has 0 atom stereocenters. The number of thiocarbonyl (C=S) groups is 1. The molecule has 0 aliphatic heterocycles. The van der Waals surface area contributed by atoms with Crippen molar-refractivity contribution in [3.63, 3.8) is 0 Å². The molecular weight excluding hydrogens is 240 g/mol. The number of hydrogen-bond donors (Lipinski definition) is 2. The first-order chi connectivity index (χ1) is 8.50. The van der Waals surface area contributed by atoms with Crippen LogP contribution in [0.4, 0.5) is 5.69 Å². The van der Waals surface area contributed by atoms with E-state index in [1.165, 1.54) is 31.2 Å². The minimum absolute atomic E-state index is 0.428. The van der Waals surface area contributed by atoms with E-state index in [1.807, 2.05) is 6.07 Å². The van der Waals surface area contributed by atoms with E-state index in [1.54, 1.807) is 0 Å². The molecule has 1 saturated carbocycles. The number of aryl methyl sites for hydroxylation is 1. The lowest BCUT2D eigenvalue weighted by Crippen LogP contribution is -2.24. The number of hydrogen-bond acceptors (Lipinski definition) is 2. The standard InChI is InChI=1S/C15H22N2S/c1-11-5-6-12(14(16)18)13(9-11)17-10-15(2)7-3-4-8-15/h5-6,9,17H,3-4,7-8,10H2,1-2H3,(H2,16,18). The Hall–Kier alpha value is -1.09. The van der Waals surface area contributed by atoms with Crippen molar-refractivity contribution in [3.8, 4) is 0 Å². The van der Waals surface area contributed by atoms with Gasteiger partial charge in [0.1, 0.15) is 4.99 Å². The van der Waals surface area contributed by atoms with Gasteiger partial charge in [0.15, 0.2) is 0 Å². The van der Waals surface area contributed by atoms with Crippen LogP contribution in [0.1, 0.15) is 43.7 Å². The van der Waals surface area contributed by atoms with E-state index in [2.05, 4.69) is 31.3 Å². The van der Waals surface area contributed by atoms with E-state index in [0.717, 1.165) is 17.8 Å². The minimum atomic E-state index is 0.428. The smallest absolute Gasteiger partial charge is 0.106 e. The number of anilines is 1. The summed E-state index contributed by atoms with van der Waals surface area (Å²) in [5.74, 6) is 0. The topological polar surface area (TPSA) is 38.0 Å². The first kappa shape index (κ1) is 13.3. The van der Waals surface area contributed by atoms with Crippen LogP contribution in [0.25, 0.3) is 0 Å². The maximum atomic E-state index is 5.77. The Morgan fingerprint density at radius 1 is 1.39 bits per heavy atom. The highest BCUT2D eigenvalue weighted by Gasteiger charge is 2.28. The van der Waals surface area contributed by atoms with Gasteiger partial charge in [0.05, 0.1) is 0 Å². The number of rotatable bonds is 4. The summed E-state index contributed by atoms with van der Waals surface area (Å²) in [7, 11) is 0. The molecule has 2 rings (SSSR count). The Morgan fingerprint density at radius 3 is 2.67 bits per heavy atom. The molecule has 0 heterocycles. The van der Waals surface area contributed by atoms with E-state index >= 15 is 0 Å². The zero-order chi connectivity index (χ0) is 13.2. The molecule has 1 aromatic carbocycles. The molecule has 1 fully saturated rings. The van der Waals surface area contributed by atoms with Gasteiger partial charge in [-0.25, -0.2) is 0 Å². The quantitative estimate of drug-likeness (QED) is 0.814. The van der Waals surface area contributed by atoms with E-state index in [0.29, 0.717) is 10.4 Å². The van der Waals surface area contributed by atoms with Crippen molar-refractivity contribution in [2.45, 2.75) is 39.5 Å². The van der Waals surface area contributed by atoms with Crippen LogP contribution < -0.4 is 11.1 Å². The van der Waals surface area contributed by atoms with Gasteiger partial charge in [-0.15, -0.1) is 0 Å². The van der Waals surface area contributed by atoms with Crippen LogP contribution in [-0.4, -0.2) is 11.5 Å². The van der Waals surface area contributed by atoms with Crippen LogP contribution in [0, 0.1) is 12.3 Å². The molecule has 0 unspecified atom stereocenters. The number of nitrogens with two attached hydrogens (primary N) is 1. The van der Waals surface area contributed by atoms with E-state index in [4.69, 9.17) is 18.0 Å². The molecule has 0 amide bonds. The van der Waals surface area contributed by atoms with Crippen molar-refractivity contribution >= 4 is 22.9 Å². The fourth-order valence-electron chi connectivity index (χ4n) is 2.73. The molecule has 0 saturated heterocycles. The minimum Gasteiger partial charge on any atom is -0.389 e. The highest BCUT2D eigenvalue weighted by atomic mass is 32.1. The second kappa shape index (κ2) is 5.27. The second-order valence-electron chi connectivity index (χ2n) is 5.78. The summed E-state index contributed by atoms with van der Waals surface area (Å²) in [5, 5.41) is 3.55. The van der Waals surface area contributed by atoms with Gasteiger partial charge in [-0.05, 0) is 42.9 Å². The molecule has 18 heavy (non-hydrogen) atoms. The summed E-state index contributed by atoms with van der Waals surface area (Å²) in [5.41, 5.74) is 9.47. The van der Waals surface area contributed by atoms with E-state index < -0.39 is 0 Å². The summed E-state index contributed by atoms with van der Waals surface area (Å²) in [6.45, 7) is 5.46. The Labute approximate surface area is 115 Å². The third kappa shape index (κ3) is 3.02. The third-order valence-corrected chi connectivity index (χ3v) is 4.18. The summed E-state index contributed by atoms with van der Waals surface area (Å²) in [6, 6.07) is 6.20. The van der Waals surface area contributed by atoms with Gasteiger partial charge < -0.3 is 11.1 Å². The number of benzene rings is 1. The Kier molecular flexibility index (Phi) is 3.91. The lowest BCUT2D eigenvalue weighted by atomic mass is 9.89. The van der Waals surface area contributed by atoms with Gasteiger partial charge in [0, 0.05) is 17.8 Å². The number of nitrogens with one attached hydrogen (secondary N) is 1. The predicted octanol–water partition coefficient (Wildman–Crippen LogP) is 3.62. The lowest BCUT2D eigenvalue weighted by molar-refractivity contribution is 0.362. The van der Waals surface area contributed by atoms with Gasteiger partial charge in [-0.2, -0.15) is 0 Å². The molecule has 0 bridgehead atoms. The van der Waals surface area contributed by atoms with Gasteiger partial charge >= 0.3 is 0 Å². The summed E-state index contributed by atoms with van der Waals surface area (Å²) >= 11 is 5.11. The largest absolute Gasteiger partial charge is 0.389 e. The van der Waals surface area contributed by atoms with Crippen molar-refractivity contribution < 1.29 is 0 Å². The predicted molar refractivity (Wildman–Crippen MR) is 82.1 cm³/mol. The second-order valence-corrected chi connectivity index (χ2v) is 6.22. The molecule has 1 aliphatic carbocycles. The van der Waals surface area contributed by atoms with E-state index in [-0.39, 0.29) is 0 Å². The summed E-state index contributed by atoms with van der Waals surface area (Å²) in [4.78, 5) is 0.467. The van der Waals surface area contributed by atoms with Crippen molar-refractivity contribution in [2.75, 3.05) is 11.9 Å². The Morgan fingerprint density at radius 2 is 2.06 bits per heavy atom. The van der Waals surface area contributed by atoms with Crippen molar-refractivity contribution in [3.05, 3.63) is 29.3 Å². The first-order valence-electron chi connectivity index (χ1n) is 6.65. The fraction of sp³-hybridized carbons (Fsp3) is 0.533. The highest BCUT2D eigenvalue weighted by Crippen LogP contribution is 2.37. The lowest BCUT2D eigenvalue weighted by Gasteiger charge is -2.25. The average molecular weight is 262 g/mol. The van der Waals surface area contributed by atoms with Gasteiger partial charge in [-0.3, -0.25) is 0 Å². The van der Waals surface area contributed by atoms with Crippen molar-refractivity contribution in [2.24, 2.45) is 11.1 Å². The van der Waals surface area contributed by atoms with Gasteiger partial charge in [0.25, 0.3) is 0 Å². The third-order valence-electron chi connectivity index (χ3n) is 3.96. The van der Waals surface area contributed by atoms with Gasteiger partial charge in [-0.1, -0.05) is 38.0 Å². The maximum Gasteiger partial charge on any atom is 0.106 e. The van der Waals surface area contributed by atoms with Crippen molar-refractivity contribution in [1.29, 1.82) is 0 Å². The molecule has 3 N–H and O–H groups in total. The fourth-order valence-corrected chi connectivity index (χ4v) is 2.91. The Bertz CT molecular complexity index is 448. The van der Waals surface area contributed by atoms with Crippen LogP contribution in [0.3, 0.4) is 0 Å². The van der Waals surface area contributed by atoms with Crippen LogP contribution in [0.5, 0.6) is 0 Å². The zero-order valence-corrected chi connectivity index (χ0v) is 12.1. The molecule has 1 aliphatic rings. The molecule has 0 aromatic heterocycles. The first-order valence-corrected chi connectivity index (χ1v) is 7.05. The zero-order valence-electron chi connectivity index (χ0n) is 11.3. The Balaban J connectivity index is 2.12. The van der Waals surface area contributed by atoms with Crippen LogP contribution in [-0.2, 0) is 0 Å². The summed E-state index contributed by atoms with van der Waals surface area (Å²) < 4.78 is 0.